The summed E-state index contributed by atoms with van der Waals surface area (Å²) >= 11 is 0. The number of aromatic amines is 1. The van der Waals surface area contributed by atoms with Gasteiger partial charge in [0.2, 0.25) is 11.8 Å². The lowest BCUT2D eigenvalue weighted by molar-refractivity contribution is 0.634. The molecule has 0 aliphatic heterocycles. The molecule has 0 saturated heterocycles. The lowest BCUT2D eigenvalue weighted by Gasteiger charge is -2.22. The maximum absolute atomic E-state index is 4.47. The first kappa shape index (κ1) is 20.7. The highest BCUT2D eigenvalue weighted by atomic mass is 15.5. The van der Waals surface area contributed by atoms with E-state index in [0.29, 0.717) is 5.82 Å². The van der Waals surface area contributed by atoms with E-state index in [9.17, 15) is 0 Å². The van der Waals surface area contributed by atoms with Gasteiger partial charge in [-0.05, 0) is 34.4 Å². The number of nitrogens with zero attached hydrogens (tertiary/aromatic N) is 6. The first-order valence-electron chi connectivity index (χ1n) is 10.8. The predicted octanol–water partition coefficient (Wildman–Crippen LogP) is 4.91. The molecule has 2 aromatic carbocycles. The van der Waals surface area contributed by atoms with Crippen LogP contribution in [0.5, 0.6) is 0 Å². The van der Waals surface area contributed by atoms with Gasteiger partial charge >= 0.3 is 0 Å². The zero-order valence-corrected chi connectivity index (χ0v) is 17.8. The third kappa shape index (κ3) is 5.31. The van der Waals surface area contributed by atoms with Gasteiger partial charge in [0.05, 0.1) is 0 Å². The Morgan fingerprint density at radius 3 is 2.32 bits per heavy atom. The minimum atomic E-state index is 0.596. The lowest BCUT2D eigenvalue weighted by atomic mass is 9.98. The number of benzene rings is 2. The third-order valence-corrected chi connectivity index (χ3v) is 5.27. The van der Waals surface area contributed by atoms with Crippen LogP contribution in [0.3, 0.4) is 0 Å². The van der Waals surface area contributed by atoms with Gasteiger partial charge in [-0.1, -0.05) is 74.7 Å². The topological polar surface area (TPSA) is 83.5 Å². The molecule has 7 heteroatoms. The molecule has 4 aromatic rings. The maximum Gasteiger partial charge on any atom is 0.225 e. The summed E-state index contributed by atoms with van der Waals surface area (Å²) in [5, 5.41) is 14.5. The predicted molar refractivity (Wildman–Crippen MR) is 122 cm³/mol. The molecule has 158 valence electrons. The van der Waals surface area contributed by atoms with E-state index in [1.54, 1.807) is 12.4 Å². The average Bonchev–Trinajstić information content (AvgIpc) is 3.37. The first-order valence-corrected chi connectivity index (χ1v) is 10.8. The number of hydrogen-bond acceptors (Lipinski definition) is 6. The van der Waals surface area contributed by atoms with Crippen molar-refractivity contribution in [3.8, 4) is 22.5 Å². The molecule has 0 radical (unpaired) electrons. The van der Waals surface area contributed by atoms with Crippen molar-refractivity contribution in [2.45, 2.75) is 39.2 Å². The van der Waals surface area contributed by atoms with E-state index >= 15 is 0 Å². The minimum Gasteiger partial charge on any atom is -0.337 e. The van der Waals surface area contributed by atoms with Gasteiger partial charge in [0.1, 0.15) is 0 Å². The van der Waals surface area contributed by atoms with Gasteiger partial charge in [-0.3, -0.25) is 0 Å². The van der Waals surface area contributed by atoms with Crippen LogP contribution in [0.2, 0.25) is 0 Å². The Balaban J connectivity index is 1.52. The molecule has 0 aliphatic rings. The van der Waals surface area contributed by atoms with Crippen LogP contribution in [0, 0.1) is 0 Å². The highest BCUT2D eigenvalue weighted by Gasteiger charge is 2.12. The van der Waals surface area contributed by atoms with Crippen LogP contribution >= 0.6 is 0 Å². The van der Waals surface area contributed by atoms with Crippen molar-refractivity contribution in [2.75, 3.05) is 11.4 Å². The molecule has 4 rings (SSSR count). The van der Waals surface area contributed by atoms with E-state index in [4.69, 9.17) is 0 Å². The van der Waals surface area contributed by atoms with Crippen LogP contribution < -0.4 is 4.90 Å². The molecule has 0 unspecified atom stereocenters. The summed E-state index contributed by atoms with van der Waals surface area (Å²) in [6, 6.07) is 18.6. The zero-order chi connectivity index (χ0) is 21.3. The van der Waals surface area contributed by atoms with Crippen molar-refractivity contribution in [1.82, 2.24) is 30.6 Å². The largest absolute Gasteiger partial charge is 0.337 e. The number of tetrazole rings is 1. The fraction of sp³-hybridized carbons (Fsp3) is 0.292. The molecule has 0 atom stereocenters. The maximum atomic E-state index is 4.47. The second-order valence-corrected chi connectivity index (χ2v) is 7.51. The molecule has 0 fully saturated rings. The number of aromatic nitrogens is 6. The van der Waals surface area contributed by atoms with Gasteiger partial charge in [0, 0.05) is 31.0 Å². The molecule has 2 aromatic heterocycles. The zero-order valence-electron chi connectivity index (χ0n) is 17.8. The van der Waals surface area contributed by atoms with Crippen LogP contribution in [0.1, 0.15) is 38.2 Å². The van der Waals surface area contributed by atoms with Gasteiger partial charge in [-0.15, -0.1) is 10.2 Å². The van der Waals surface area contributed by atoms with E-state index in [1.807, 2.05) is 24.3 Å². The van der Waals surface area contributed by atoms with Crippen molar-refractivity contribution >= 4 is 5.95 Å². The Labute approximate surface area is 182 Å². The first-order chi connectivity index (χ1) is 15.3. The lowest BCUT2D eigenvalue weighted by Crippen LogP contribution is -2.25. The van der Waals surface area contributed by atoms with Gasteiger partial charge in [0.15, 0.2) is 0 Å². The summed E-state index contributed by atoms with van der Waals surface area (Å²) in [6.07, 6.45) is 8.47. The van der Waals surface area contributed by atoms with E-state index in [2.05, 4.69) is 72.7 Å². The summed E-state index contributed by atoms with van der Waals surface area (Å²) in [7, 11) is 0. The summed E-state index contributed by atoms with van der Waals surface area (Å²) < 4.78 is 0. The van der Waals surface area contributed by atoms with Crippen LogP contribution in [0.25, 0.3) is 22.5 Å². The summed E-state index contributed by atoms with van der Waals surface area (Å²) in [5.41, 5.74) is 4.39. The van der Waals surface area contributed by atoms with E-state index in [1.165, 1.54) is 24.8 Å². The van der Waals surface area contributed by atoms with E-state index in [-0.39, 0.29) is 0 Å². The number of unbranched alkanes of at least 4 members (excludes halogenated alkanes) is 3. The second-order valence-electron chi connectivity index (χ2n) is 7.51. The third-order valence-electron chi connectivity index (χ3n) is 5.27. The fourth-order valence-electron chi connectivity index (χ4n) is 3.65. The summed E-state index contributed by atoms with van der Waals surface area (Å²) in [5.74, 6) is 1.38. The smallest absolute Gasteiger partial charge is 0.225 e. The molecular weight excluding hydrogens is 386 g/mol. The van der Waals surface area contributed by atoms with E-state index < -0.39 is 0 Å². The minimum absolute atomic E-state index is 0.596. The van der Waals surface area contributed by atoms with Crippen molar-refractivity contribution in [3.05, 3.63) is 72.6 Å². The molecule has 31 heavy (non-hydrogen) atoms. The molecule has 0 saturated carbocycles. The molecular formula is C24H27N7. The number of nitrogens with one attached hydrogen (secondary N) is 1. The summed E-state index contributed by atoms with van der Waals surface area (Å²) in [6.45, 7) is 3.96. The fourth-order valence-corrected chi connectivity index (χ4v) is 3.65. The van der Waals surface area contributed by atoms with Crippen LogP contribution in [-0.2, 0) is 6.54 Å². The van der Waals surface area contributed by atoms with Gasteiger partial charge in [-0.2, -0.15) is 5.21 Å². The number of H-pyrrole nitrogens is 1. The molecule has 2 heterocycles. The number of anilines is 1. The highest BCUT2D eigenvalue weighted by Crippen LogP contribution is 2.30. The number of rotatable bonds is 10. The average molecular weight is 414 g/mol. The molecule has 0 spiro atoms. The Morgan fingerprint density at radius 2 is 1.61 bits per heavy atom. The van der Waals surface area contributed by atoms with Crippen molar-refractivity contribution in [3.63, 3.8) is 0 Å². The van der Waals surface area contributed by atoms with E-state index in [0.717, 1.165) is 42.1 Å². The molecule has 0 bridgehead atoms. The standard InChI is InChI=1S/C24H27N7/c1-2-3-4-7-17-31(24-25-15-8-16-26-24)18-19-11-13-20(14-12-19)21-9-5-6-10-22(21)23-27-29-30-28-23/h5-6,8-16H,2-4,7,17-18H2,1H3,(H,27,28,29,30). The van der Waals surface area contributed by atoms with Crippen LogP contribution in [0.15, 0.2) is 67.0 Å². The quantitative estimate of drug-likeness (QED) is 0.372. The monoisotopic (exact) mass is 413 g/mol. The van der Waals surface area contributed by atoms with Gasteiger partial charge in [0.25, 0.3) is 0 Å². The molecule has 7 nitrogen and oxygen atoms in total. The SMILES string of the molecule is CCCCCCN(Cc1ccc(-c2ccccc2-c2nn[nH]n2)cc1)c1ncccn1. The Morgan fingerprint density at radius 1 is 0.839 bits per heavy atom. The van der Waals surface area contributed by atoms with Gasteiger partial charge < -0.3 is 4.90 Å². The Hall–Kier alpha value is -3.61. The van der Waals surface area contributed by atoms with Crippen LogP contribution in [-0.4, -0.2) is 37.1 Å². The molecule has 0 amide bonds. The van der Waals surface area contributed by atoms with Crippen molar-refractivity contribution in [2.24, 2.45) is 0 Å². The van der Waals surface area contributed by atoms with Crippen molar-refractivity contribution < 1.29 is 0 Å². The highest BCUT2D eigenvalue weighted by molar-refractivity contribution is 5.80. The Bertz CT molecular complexity index is 1050. The number of hydrogen-bond donors (Lipinski definition) is 1. The van der Waals surface area contributed by atoms with Crippen LogP contribution in [0.4, 0.5) is 5.95 Å². The molecule has 0 aliphatic carbocycles. The van der Waals surface area contributed by atoms with Crippen molar-refractivity contribution in [1.29, 1.82) is 0 Å². The second kappa shape index (κ2) is 10.4. The normalized spacial score (nSPS) is 10.9. The molecule has 1 N–H and O–H groups in total. The summed E-state index contributed by atoms with van der Waals surface area (Å²) in [4.78, 5) is 11.2. The Kier molecular flexibility index (Phi) is 6.95. The van der Waals surface area contributed by atoms with Gasteiger partial charge in [-0.25, -0.2) is 9.97 Å².